The van der Waals surface area contributed by atoms with Crippen molar-refractivity contribution in [2.45, 2.75) is 0 Å². The Labute approximate surface area is 258 Å². The van der Waals surface area contributed by atoms with Gasteiger partial charge >= 0.3 is 0 Å². The van der Waals surface area contributed by atoms with Crippen molar-refractivity contribution in [1.82, 2.24) is 4.98 Å². The van der Waals surface area contributed by atoms with Crippen molar-refractivity contribution < 1.29 is 8.83 Å². The Morgan fingerprint density at radius 2 is 1.33 bits per heavy atom. The molecule has 0 spiro atoms. The van der Waals surface area contributed by atoms with Crippen LogP contribution in [0.3, 0.4) is 0 Å². The van der Waals surface area contributed by atoms with E-state index in [9.17, 15) is 5.26 Å². The molecule has 0 radical (unpaired) electrons. The average molecular weight is 579 g/mol. The Balaban J connectivity index is 1.22. The maximum Gasteiger partial charge on any atom is 0.227 e. The van der Waals surface area contributed by atoms with Gasteiger partial charge in [0.05, 0.1) is 12.6 Å². The van der Waals surface area contributed by atoms with Crippen LogP contribution in [0, 0.1) is 17.9 Å². The van der Waals surface area contributed by atoms with Gasteiger partial charge in [-0.1, -0.05) is 60.7 Å². The molecule has 0 saturated heterocycles. The number of rotatable bonds is 5. The van der Waals surface area contributed by atoms with E-state index in [1.165, 1.54) is 0 Å². The van der Waals surface area contributed by atoms with Gasteiger partial charge < -0.3 is 13.7 Å². The summed E-state index contributed by atoms with van der Waals surface area (Å²) in [7, 11) is 0. The Hall–Kier alpha value is -6.63. The van der Waals surface area contributed by atoms with E-state index in [0.29, 0.717) is 22.8 Å². The van der Waals surface area contributed by atoms with E-state index in [2.05, 4.69) is 52.3 Å². The average Bonchev–Trinajstić information content (AvgIpc) is 3.71. The molecule has 6 aromatic carbocycles. The van der Waals surface area contributed by atoms with Crippen LogP contribution in [0.1, 0.15) is 5.56 Å². The van der Waals surface area contributed by atoms with E-state index in [4.69, 9.17) is 15.4 Å². The molecule has 6 nitrogen and oxygen atoms in total. The minimum atomic E-state index is 0.394. The predicted octanol–water partition coefficient (Wildman–Crippen LogP) is 11.0. The van der Waals surface area contributed by atoms with Crippen LogP contribution in [0.5, 0.6) is 0 Å². The number of aromatic nitrogens is 1. The van der Waals surface area contributed by atoms with Crippen LogP contribution in [0.4, 0.5) is 22.7 Å². The number of benzene rings is 6. The number of nitrogens with zero attached hydrogens (tertiary/aromatic N) is 4. The zero-order valence-corrected chi connectivity index (χ0v) is 23.8. The summed E-state index contributed by atoms with van der Waals surface area (Å²) in [5, 5.41) is 11.9. The highest BCUT2D eigenvalue weighted by molar-refractivity contribution is 6.09. The minimum absolute atomic E-state index is 0.394. The molecule has 0 aliphatic heterocycles. The van der Waals surface area contributed by atoms with Crippen LogP contribution in [0.2, 0.25) is 0 Å². The second-order valence-corrected chi connectivity index (χ2v) is 10.7. The molecule has 45 heavy (non-hydrogen) atoms. The maximum absolute atomic E-state index is 9.73. The summed E-state index contributed by atoms with van der Waals surface area (Å²) in [5.41, 5.74) is 9.35. The van der Waals surface area contributed by atoms with E-state index in [0.717, 1.165) is 61.1 Å². The zero-order chi connectivity index (χ0) is 30.3. The summed E-state index contributed by atoms with van der Waals surface area (Å²) in [5.74, 6) is 0.542. The first-order valence-electron chi connectivity index (χ1n) is 14.4. The lowest BCUT2D eigenvalue weighted by Gasteiger charge is -2.26. The maximum atomic E-state index is 9.73. The number of hydrogen-bond acceptors (Lipinski definition) is 5. The van der Waals surface area contributed by atoms with Crippen molar-refractivity contribution in [3.8, 4) is 28.7 Å². The fourth-order valence-electron chi connectivity index (χ4n) is 5.81. The quantitative estimate of drug-likeness (QED) is 0.190. The Morgan fingerprint density at radius 1 is 0.644 bits per heavy atom. The monoisotopic (exact) mass is 578 g/mol. The molecule has 0 N–H and O–H groups in total. The van der Waals surface area contributed by atoms with Crippen LogP contribution in [0.25, 0.3) is 60.5 Å². The largest absolute Gasteiger partial charge is 0.455 e. The van der Waals surface area contributed by atoms with Crippen LogP contribution in [0.15, 0.2) is 142 Å². The topological polar surface area (TPSA) is 70.6 Å². The highest BCUT2D eigenvalue weighted by atomic mass is 16.3. The van der Waals surface area contributed by atoms with E-state index >= 15 is 0 Å². The van der Waals surface area contributed by atoms with E-state index in [1.54, 1.807) is 18.2 Å². The van der Waals surface area contributed by atoms with Gasteiger partial charge in [-0.3, -0.25) is 0 Å². The summed E-state index contributed by atoms with van der Waals surface area (Å²) < 4.78 is 12.3. The molecular formula is C39H22N4O2. The standard InChI is InChI=1S/C39H22N4O2/c1-41-28-21-25(24-40)22-31(23-28)43(30-19-15-27(16-20-30)39-42-35-10-3-5-12-37(35)45-39)29-17-13-26(14-18-29)32-8-6-9-34-33-7-2-4-11-36(33)44-38(32)34/h2-23H. The zero-order valence-electron chi connectivity index (χ0n) is 23.8. The fraction of sp³-hybridized carbons (Fsp3) is 0. The molecule has 210 valence electrons. The van der Waals surface area contributed by atoms with Crippen molar-refractivity contribution in [1.29, 1.82) is 5.26 Å². The third-order valence-corrected chi connectivity index (χ3v) is 7.93. The van der Waals surface area contributed by atoms with Crippen LogP contribution >= 0.6 is 0 Å². The molecule has 0 unspecified atom stereocenters. The number of oxazole rings is 1. The van der Waals surface area contributed by atoms with Crippen molar-refractivity contribution >= 4 is 55.8 Å². The Morgan fingerprint density at radius 3 is 2.07 bits per heavy atom. The second-order valence-electron chi connectivity index (χ2n) is 10.7. The van der Waals surface area contributed by atoms with Gasteiger partial charge in [0.1, 0.15) is 16.7 Å². The highest BCUT2D eigenvalue weighted by Crippen LogP contribution is 2.40. The molecule has 0 aliphatic carbocycles. The predicted molar refractivity (Wildman–Crippen MR) is 178 cm³/mol. The summed E-state index contributed by atoms with van der Waals surface area (Å²) in [6.07, 6.45) is 0. The number of hydrogen-bond donors (Lipinski definition) is 0. The molecule has 6 heteroatoms. The third kappa shape index (κ3) is 4.55. The molecular weight excluding hydrogens is 556 g/mol. The molecule has 0 saturated carbocycles. The van der Waals surface area contributed by atoms with Gasteiger partial charge in [-0.2, -0.15) is 5.26 Å². The van der Waals surface area contributed by atoms with Gasteiger partial charge in [-0.05, 0) is 78.4 Å². The number of furan rings is 1. The van der Waals surface area contributed by atoms with Crippen LogP contribution in [-0.2, 0) is 0 Å². The summed E-state index contributed by atoms with van der Waals surface area (Å²) in [6.45, 7) is 7.63. The molecule has 0 fully saturated rings. The lowest BCUT2D eigenvalue weighted by molar-refractivity contribution is 0.620. The number of nitriles is 1. The van der Waals surface area contributed by atoms with Crippen molar-refractivity contribution in [3.05, 3.63) is 150 Å². The minimum Gasteiger partial charge on any atom is -0.455 e. The lowest BCUT2D eigenvalue weighted by Crippen LogP contribution is -2.10. The number of para-hydroxylation sites is 4. The molecule has 0 atom stereocenters. The first kappa shape index (κ1) is 26.0. The molecule has 2 heterocycles. The van der Waals surface area contributed by atoms with Gasteiger partial charge in [-0.25, -0.2) is 9.83 Å². The normalized spacial score (nSPS) is 11.1. The second kappa shape index (κ2) is 10.6. The lowest BCUT2D eigenvalue weighted by atomic mass is 10.0. The van der Waals surface area contributed by atoms with Gasteiger partial charge in [0.15, 0.2) is 11.3 Å². The molecule has 2 aromatic heterocycles. The Kier molecular flexibility index (Phi) is 6.12. The third-order valence-electron chi connectivity index (χ3n) is 7.93. The van der Waals surface area contributed by atoms with Gasteiger partial charge in [0.2, 0.25) is 5.89 Å². The van der Waals surface area contributed by atoms with E-state index in [-0.39, 0.29) is 0 Å². The Bertz CT molecular complexity index is 2390. The SMILES string of the molecule is [C-]#[N+]c1cc(C#N)cc(N(c2ccc(-c3nc4ccccc4o3)cc2)c2ccc(-c3cccc4c3oc3ccccc34)cc2)c1. The number of anilines is 3. The molecule has 0 aliphatic rings. The summed E-state index contributed by atoms with van der Waals surface area (Å²) >= 11 is 0. The van der Waals surface area contributed by atoms with Crippen LogP contribution < -0.4 is 4.90 Å². The van der Waals surface area contributed by atoms with Gasteiger partial charge in [-0.15, -0.1) is 0 Å². The van der Waals surface area contributed by atoms with Crippen molar-refractivity contribution in [2.24, 2.45) is 0 Å². The fourth-order valence-corrected chi connectivity index (χ4v) is 5.81. The van der Waals surface area contributed by atoms with Crippen LogP contribution in [-0.4, -0.2) is 4.98 Å². The van der Waals surface area contributed by atoms with E-state index < -0.39 is 0 Å². The number of fused-ring (bicyclic) bond motifs is 4. The first-order valence-corrected chi connectivity index (χ1v) is 14.4. The molecule has 0 amide bonds. The smallest absolute Gasteiger partial charge is 0.227 e. The first-order chi connectivity index (χ1) is 22.2. The van der Waals surface area contributed by atoms with Gasteiger partial charge in [0.25, 0.3) is 0 Å². The summed E-state index contributed by atoms with van der Waals surface area (Å²) in [4.78, 5) is 10.3. The summed E-state index contributed by atoms with van der Waals surface area (Å²) in [6, 6.07) is 45.5. The molecule has 8 aromatic rings. The van der Waals surface area contributed by atoms with Gasteiger partial charge in [0, 0.05) is 44.5 Å². The molecule has 0 bridgehead atoms. The van der Waals surface area contributed by atoms with Crippen molar-refractivity contribution in [3.63, 3.8) is 0 Å². The highest BCUT2D eigenvalue weighted by Gasteiger charge is 2.17. The van der Waals surface area contributed by atoms with Crippen molar-refractivity contribution in [2.75, 3.05) is 4.90 Å². The van der Waals surface area contributed by atoms with E-state index in [1.807, 2.05) is 83.8 Å². The molecule has 8 rings (SSSR count).